The van der Waals surface area contributed by atoms with E-state index in [0.717, 1.165) is 12.8 Å². The molecule has 0 unspecified atom stereocenters. The molecule has 0 fully saturated rings. The first-order chi connectivity index (χ1) is 19.9. The van der Waals surface area contributed by atoms with Crippen molar-refractivity contribution in [1.82, 2.24) is 0 Å². The first kappa shape index (κ1) is 29.5. The Kier molecular flexibility index (Phi) is 7.86. The third kappa shape index (κ3) is 5.70. The third-order valence-electron chi connectivity index (χ3n) is 9.04. The van der Waals surface area contributed by atoms with Crippen LogP contribution in [0.2, 0.25) is 0 Å². The molecule has 0 amide bonds. The zero-order valence-electron chi connectivity index (χ0n) is 26.7. The van der Waals surface area contributed by atoms with Crippen molar-refractivity contribution in [2.45, 2.75) is 79.1 Å². The normalized spacial score (nSPS) is 14.0. The maximum absolute atomic E-state index is 2.69. The third-order valence-corrected chi connectivity index (χ3v) is 27.7. The maximum atomic E-state index is 2.69. The van der Waals surface area contributed by atoms with Crippen LogP contribution >= 0.6 is 0 Å². The molecule has 0 aliphatic heterocycles. The number of benzene rings is 4. The van der Waals surface area contributed by atoms with Crippen molar-refractivity contribution in [3.8, 4) is 11.1 Å². The van der Waals surface area contributed by atoms with Crippen LogP contribution in [0.1, 0.15) is 81.3 Å². The van der Waals surface area contributed by atoms with Crippen LogP contribution in [0, 0.1) is 13.8 Å². The van der Waals surface area contributed by atoms with Crippen LogP contribution in [0.3, 0.4) is 0 Å². The fourth-order valence-electron chi connectivity index (χ4n) is 6.39. The van der Waals surface area contributed by atoms with E-state index in [2.05, 4.69) is 152 Å². The molecule has 0 spiro atoms. The Hall–Kier alpha value is -2.54. The monoisotopic (exact) mass is 642 g/mol. The summed E-state index contributed by atoms with van der Waals surface area (Å²) in [6.45, 7) is 18.6. The number of hydrogen-bond acceptors (Lipinski definition) is 0. The fraction of sp³-hybridized carbons (Fsp3) is 0.300. The topological polar surface area (TPSA) is 0 Å². The van der Waals surface area contributed by atoms with Crippen LogP contribution in [0.15, 0.2) is 100 Å². The van der Waals surface area contributed by atoms with E-state index in [1.54, 1.807) is 22.5 Å². The van der Waals surface area contributed by atoms with Gasteiger partial charge >= 0.3 is 263 Å². The van der Waals surface area contributed by atoms with Gasteiger partial charge in [-0.05, 0) is 0 Å². The summed E-state index contributed by atoms with van der Waals surface area (Å²) in [5.74, 6) is 0. The minimum atomic E-state index is -2.50. The summed E-state index contributed by atoms with van der Waals surface area (Å²) < 4.78 is 3.50. The summed E-state index contributed by atoms with van der Waals surface area (Å²) in [7, 11) is 0. The minimum absolute atomic E-state index is 0.0887. The molecule has 6 rings (SSSR count). The molecular formula is C40H44SiZr. The summed E-state index contributed by atoms with van der Waals surface area (Å²) in [5.41, 5.74) is 10.9. The second kappa shape index (κ2) is 11.2. The molecule has 0 heterocycles. The van der Waals surface area contributed by atoms with E-state index in [-0.39, 0.29) is 10.8 Å². The number of hydrogen-bond donors (Lipinski definition) is 0. The van der Waals surface area contributed by atoms with Gasteiger partial charge in [0.25, 0.3) is 0 Å². The molecule has 4 aromatic rings. The Balaban J connectivity index is 1.72. The zero-order chi connectivity index (χ0) is 29.8. The van der Waals surface area contributed by atoms with Crippen LogP contribution in [0.4, 0.5) is 0 Å². The summed E-state index contributed by atoms with van der Waals surface area (Å²) >= 11 is -2.50. The van der Waals surface area contributed by atoms with Gasteiger partial charge in [0.2, 0.25) is 0 Å². The molecule has 2 heteroatoms. The molecule has 0 saturated heterocycles. The molecule has 0 aromatic heterocycles. The molecule has 0 atom stereocenters. The van der Waals surface area contributed by atoms with Crippen molar-refractivity contribution in [2.24, 2.45) is 0 Å². The molecule has 4 aromatic carbocycles. The first-order valence-corrected chi connectivity index (χ1v) is 23.1. The van der Waals surface area contributed by atoms with E-state index < -0.39 is 25.8 Å². The summed E-state index contributed by atoms with van der Waals surface area (Å²) in [5, 5.41) is 3.16. The molecular weight excluding hydrogens is 600 g/mol. The van der Waals surface area contributed by atoms with E-state index in [1.807, 2.05) is 0 Å². The number of aryl methyl sites for hydroxylation is 2. The van der Waals surface area contributed by atoms with E-state index in [4.69, 9.17) is 0 Å². The van der Waals surface area contributed by atoms with Gasteiger partial charge in [-0.3, -0.25) is 0 Å². The van der Waals surface area contributed by atoms with Gasteiger partial charge in [-0.1, -0.05) is 0 Å². The Morgan fingerprint density at radius 2 is 1.21 bits per heavy atom. The molecule has 0 saturated carbocycles. The Labute approximate surface area is 261 Å². The standard InChI is InChI=1S/C21H25.C14H14Si.C5H5.Zr/c1-20(2,3)16-9-7-14-11-15-8-10-17(21(4,5)6)13-19(15)18(14)12-16;1-11-3-7-13(8-4-11)15-14-9-5-12(2)6-10-14;1-2-4-5-3-1;/h7,9-10,12-13H,11H2,1-6H3;3-10H,1-2H3;1-3H,4H2;. The number of fused-ring (bicyclic) bond motifs is 3. The van der Waals surface area contributed by atoms with Crippen LogP contribution in [0.25, 0.3) is 11.1 Å². The van der Waals surface area contributed by atoms with Gasteiger partial charge in [0.05, 0.1) is 0 Å². The molecule has 212 valence electrons. The van der Waals surface area contributed by atoms with Crippen LogP contribution in [0.5, 0.6) is 0 Å². The van der Waals surface area contributed by atoms with Gasteiger partial charge in [-0.25, -0.2) is 0 Å². The van der Waals surface area contributed by atoms with Gasteiger partial charge < -0.3 is 0 Å². The van der Waals surface area contributed by atoms with E-state index in [0.29, 0.717) is 0 Å². The molecule has 0 bridgehead atoms. The van der Waals surface area contributed by atoms with Crippen molar-refractivity contribution in [3.63, 3.8) is 0 Å². The second-order valence-electron chi connectivity index (χ2n) is 14.4. The fourth-order valence-corrected chi connectivity index (χ4v) is 26.7. The van der Waals surface area contributed by atoms with Crippen molar-refractivity contribution < 1.29 is 20.4 Å². The van der Waals surface area contributed by atoms with E-state index >= 15 is 0 Å². The Bertz CT molecular complexity index is 1720. The predicted octanol–water partition coefficient (Wildman–Crippen LogP) is 8.36. The van der Waals surface area contributed by atoms with Crippen molar-refractivity contribution in [1.29, 1.82) is 0 Å². The Morgan fingerprint density at radius 1 is 0.643 bits per heavy atom. The SMILES string of the molecule is Cc1ccc([Si](c2ccc(C)cc2)=[Zr]([C]2=CC=CC2)[c]2cc(C(C)(C)C)cc3c2Cc2ccc(C(C)(C)C)cc2-3)cc1. The van der Waals surface area contributed by atoms with Gasteiger partial charge in [0, 0.05) is 0 Å². The molecule has 0 nitrogen and oxygen atoms in total. The molecule has 0 radical (unpaired) electrons. The second-order valence-corrected chi connectivity index (χ2v) is 27.7. The molecule has 2 aliphatic rings. The summed E-state index contributed by atoms with van der Waals surface area (Å²) in [6.07, 6.45) is 9.43. The first-order valence-electron chi connectivity index (χ1n) is 15.5. The predicted molar refractivity (Wildman–Crippen MR) is 181 cm³/mol. The zero-order valence-corrected chi connectivity index (χ0v) is 30.1. The molecule has 0 N–H and O–H groups in total. The van der Waals surface area contributed by atoms with Gasteiger partial charge in [0.1, 0.15) is 0 Å². The van der Waals surface area contributed by atoms with Crippen molar-refractivity contribution in [3.05, 3.63) is 134 Å². The summed E-state index contributed by atoms with van der Waals surface area (Å²) in [6, 6.07) is 31.8. The van der Waals surface area contributed by atoms with E-state index in [9.17, 15) is 0 Å². The number of rotatable bonds is 4. The molecule has 2 aliphatic carbocycles. The van der Waals surface area contributed by atoms with E-state index in [1.165, 1.54) is 38.9 Å². The van der Waals surface area contributed by atoms with Crippen LogP contribution in [-0.2, 0) is 37.6 Å². The van der Waals surface area contributed by atoms with Crippen molar-refractivity contribution in [2.75, 3.05) is 0 Å². The summed E-state index contributed by atoms with van der Waals surface area (Å²) in [4.78, 5) is 0. The average molecular weight is 644 g/mol. The van der Waals surface area contributed by atoms with Crippen LogP contribution < -0.4 is 13.6 Å². The van der Waals surface area contributed by atoms with Gasteiger partial charge in [-0.15, -0.1) is 0 Å². The Morgan fingerprint density at radius 3 is 1.74 bits per heavy atom. The van der Waals surface area contributed by atoms with Crippen LogP contribution in [-0.4, -0.2) is 5.43 Å². The molecule has 42 heavy (non-hydrogen) atoms. The quantitative estimate of drug-likeness (QED) is 0.173. The van der Waals surface area contributed by atoms with Gasteiger partial charge in [-0.2, -0.15) is 0 Å². The average Bonchev–Trinajstić information content (AvgIpc) is 3.60. The van der Waals surface area contributed by atoms with Crippen molar-refractivity contribution >= 4 is 19.1 Å². The van der Waals surface area contributed by atoms with Gasteiger partial charge in [0.15, 0.2) is 0 Å². The number of allylic oxidation sites excluding steroid dienone is 4.